The van der Waals surface area contributed by atoms with Gasteiger partial charge in [-0.2, -0.15) is 18.4 Å². The van der Waals surface area contributed by atoms with E-state index in [0.29, 0.717) is 5.75 Å². The normalized spacial score (nSPS) is 11.1. The van der Waals surface area contributed by atoms with E-state index in [4.69, 9.17) is 5.26 Å². The predicted octanol–water partition coefficient (Wildman–Crippen LogP) is 2.59. The van der Waals surface area contributed by atoms with Gasteiger partial charge < -0.3 is 0 Å². The second-order valence-corrected chi connectivity index (χ2v) is 3.03. The second-order valence-electron chi connectivity index (χ2n) is 1.93. The molecule has 11 heavy (non-hydrogen) atoms. The van der Waals surface area contributed by atoms with Crippen LogP contribution in [0, 0.1) is 11.3 Å². The molecule has 0 spiro atoms. The topological polar surface area (TPSA) is 23.8 Å². The van der Waals surface area contributed by atoms with Gasteiger partial charge in [-0.15, -0.1) is 11.8 Å². The van der Waals surface area contributed by atoms with Gasteiger partial charge in [-0.05, 0) is 12.2 Å². The van der Waals surface area contributed by atoms with Crippen LogP contribution in [0.5, 0.6) is 0 Å². The zero-order chi connectivity index (χ0) is 8.74. The lowest BCUT2D eigenvalue weighted by molar-refractivity contribution is -0.134. The molecule has 5 heteroatoms. The summed E-state index contributed by atoms with van der Waals surface area (Å²) in [6.07, 6.45) is -4.69. The number of alkyl halides is 3. The van der Waals surface area contributed by atoms with E-state index < -0.39 is 12.6 Å². The lowest BCUT2D eigenvalue weighted by Gasteiger charge is -2.03. The lowest BCUT2D eigenvalue weighted by atomic mass is 10.3. The third-order valence-corrected chi connectivity index (χ3v) is 1.83. The van der Waals surface area contributed by atoms with Gasteiger partial charge in [0, 0.05) is 6.42 Å². The van der Waals surface area contributed by atoms with E-state index in [9.17, 15) is 13.2 Å². The molecule has 0 aliphatic carbocycles. The Balaban J connectivity index is 3.10. The van der Waals surface area contributed by atoms with Gasteiger partial charge in [0.2, 0.25) is 0 Å². The Kier molecular flexibility index (Phi) is 5.12. The average molecular weight is 183 g/mol. The minimum absolute atomic E-state index is 0.107. The first-order chi connectivity index (χ1) is 5.06. The Morgan fingerprint density at radius 3 is 2.45 bits per heavy atom. The van der Waals surface area contributed by atoms with Crippen molar-refractivity contribution < 1.29 is 13.2 Å². The zero-order valence-electron chi connectivity index (χ0n) is 5.82. The molecule has 0 aromatic carbocycles. The molecule has 0 aromatic heterocycles. The standard InChI is InChI=1S/C6H8F3NS/c7-6(8,9)2-1-4-11-5-3-10/h1-2,4-5H2. The molecule has 0 radical (unpaired) electrons. The Labute approximate surface area is 67.6 Å². The van der Waals surface area contributed by atoms with Gasteiger partial charge in [0.05, 0.1) is 11.8 Å². The monoisotopic (exact) mass is 183 g/mol. The number of nitriles is 1. The molecule has 0 rings (SSSR count). The minimum atomic E-state index is -4.05. The van der Waals surface area contributed by atoms with Crippen molar-refractivity contribution in [1.29, 1.82) is 5.26 Å². The number of hydrogen-bond donors (Lipinski definition) is 0. The summed E-state index contributed by atoms with van der Waals surface area (Å²) in [6.45, 7) is 0. The summed E-state index contributed by atoms with van der Waals surface area (Å²) in [5.74, 6) is 0.685. The maximum absolute atomic E-state index is 11.5. The van der Waals surface area contributed by atoms with Gasteiger partial charge >= 0.3 is 6.18 Å². The summed E-state index contributed by atoms with van der Waals surface area (Å²) < 4.78 is 34.5. The largest absolute Gasteiger partial charge is 0.389 e. The molecule has 0 fully saturated rings. The van der Waals surface area contributed by atoms with E-state index >= 15 is 0 Å². The van der Waals surface area contributed by atoms with Crippen molar-refractivity contribution in [2.24, 2.45) is 0 Å². The van der Waals surface area contributed by atoms with Crippen molar-refractivity contribution in [3.8, 4) is 6.07 Å². The molecule has 64 valence electrons. The quantitative estimate of drug-likeness (QED) is 0.625. The summed E-state index contributed by atoms with van der Waals surface area (Å²) in [5.41, 5.74) is 0. The highest BCUT2D eigenvalue weighted by atomic mass is 32.2. The van der Waals surface area contributed by atoms with Crippen molar-refractivity contribution in [3.05, 3.63) is 0 Å². The smallest absolute Gasteiger partial charge is 0.197 e. The molecule has 0 N–H and O–H groups in total. The van der Waals surface area contributed by atoms with Gasteiger partial charge in [0.1, 0.15) is 0 Å². The van der Waals surface area contributed by atoms with E-state index in [-0.39, 0.29) is 12.2 Å². The second kappa shape index (κ2) is 5.30. The van der Waals surface area contributed by atoms with Crippen LogP contribution in [-0.4, -0.2) is 17.7 Å². The zero-order valence-corrected chi connectivity index (χ0v) is 6.63. The van der Waals surface area contributed by atoms with E-state index in [2.05, 4.69) is 0 Å². The van der Waals surface area contributed by atoms with Crippen LogP contribution in [0.3, 0.4) is 0 Å². The Morgan fingerprint density at radius 2 is 2.00 bits per heavy atom. The minimum Gasteiger partial charge on any atom is -0.197 e. The molecule has 0 amide bonds. The fraction of sp³-hybridized carbons (Fsp3) is 0.833. The third-order valence-electron chi connectivity index (χ3n) is 0.916. The van der Waals surface area contributed by atoms with Crippen LogP contribution < -0.4 is 0 Å². The van der Waals surface area contributed by atoms with Gasteiger partial charge in [0.25, 0.3) is 0 Å². The summed E-state index contributed by atoms with van der Waals surface area (Å²) in [7, 11) is 0. The predicted molar refractivity (Wildman–Crippen MR) is 38.2 cm³/mol. The fourth-order valence-electron chi connectivity index (χ4n) is 0.492. The number of hydrogen-bond acceptors (Lipinski definition) is 2. The maximum atomic E-state index is 11.5. The van der Waals surface area contributed by atoms with Crippen LogP contribution in [0.1, 0.15) is 12.8 Å². The van der Waals surface area contributed by atoms with Crippen LogP contribution in [0.2, 0.25) is 0 Å². The van der Waals surface area contributed by atoms with E-state index in [1.165, 1.54) is 11.8 Å². The molecule has 0 bridgehead atoms. The molecule has 0 aromatic rings. The Bertz CT molecular complexity index is 138. The molecular weight excluding hydrogens is 175 g/mol. The molecule has 0 aliphatic heterocycles. The Morgan fingerprint density at radius 1 is 1.36 bits per heavy atom. The first-order valence-corrected chi connectivity index (χ1v) is 4.23. The molecule has 0 aliphatic rings. The van der Waals surface area contributed by atoms with Gasteiger partial charge in [-0.1, -0.05) is 0 Å². The number of rotatable bonds is 4. The number of thioether (sulfide) groups is 1. The third kappa shape index (κ3) is 9.63. The van der Waals surface area contributed by atoms with Crippen LogP contribution in [0.15, 0.2) is 0 Å². The highest BCUT2D eigenvalue weighted by Gasteiger charge is 2.25. The average Bonchev–Trinajstić information content (AvgIpc) is 1.85. The number of halogens is 3. The summed E-state index contributed by atoms with van der Waals surface area (Å²) in [4.78, 5) is 0. The lowest BCUT2D eigenvalue weighted by Crippen LogP contribution is -2.06. The van der Waals surface area contributed by atoms with Crippen LogP contribution >= 0.6 is 11.8 Å². The molecule has 1 nitrogen and oxygen atoms in total. The van der Waals surface area contributed by atoms with E-state index in [0.717, 1.165) is 0 Å². The molecule has 0 heterocycles. The SMILES string of the molecule is N#CCSCCCC(F)(F)F. The van der Waals surface area contributed by atoms with E-state index in [1.807, 2.05) is 6.07 Å². The van der Waals surface area contributed by atoms with Crippen molar-refractivity contribution >= 4 is 11.8 Å². The summed E-state index contributed by atoms with van der Waals surface area (Å²) in [5, 5.41) is 8.03. The van der Waals surface area contributed by atoms with Crippen molar-refractivity contribution in [1.82, 2.24) is 0 Å². The van der Waals surface area contributed by atoms with Crippen molar-refractivity contribution in [2.45, 2.75) is 19.0 Å². The van der Waals surface area contributed by atoms with Crippen LogP contribution in [0.4, 0.5) is 13.2 Å². The molecule has 0 saturated carbocycles. The fourth-order valence-corrected chi connectivity index (χ4v) is 1.08. The summed E-state index contributed by atoms with van der Waals surface area (Å²) in [6, 6.07) is 1.85. The molecular formula is C6H8F3NS. The van der Waals surface area contributed by atoms with Gasteiger partial charge in [-0.3, -0.25) is 0 Å². The summed E-state index contributed by atoms with van der Waals surface area (Å²) >= 11 is 1.23. The highest BCUT2D eigenvalue weighted by molar-refractivity contribution is 7.99. The Hall–Kier alpha value is -0.370. The first kappa shape index (κ1) is 10.6. The molecule has 0 saturated heterocycles. The van der Waals surface area contributed by atoms with Crippen LogP contribution in [-0.2, 0) is 0 Å². The van der Waals surface area contributed by atoms with Gasteiger partial charge in [0.15, 0.2) is 0 Å². The first-order valence-electron chi connectivity index (χ1n) is 3.08. The molecule has 0 atom stereocenters. The highest BCUT2D eigenvalue weighted by Crippen LogP contribution is 2.22. The maximum Gasteiger partial charge on any atom is 0.389 e. The number of nitrogens with zero attached hydrogens (tertiary/aromatic N) is 1. The molecule has 0 unspecified atom stereocenters. The van der Waals surface area contributed by atoms with Gasteiger partial charge in [-0.25, -0.2) is 0 Å². The van der Waals surface area contributed by atoms with Crippen molar-refractivity contribution in [2.75, 3.05) is 11.5 Å². The van der Waals surface area contributed by atoms with Crippen molar-refractivity contribution in [3.63, 3.8) is 0 Å². The van der Waals surface area contributed by atoms with Crippen LogP contribution in [0.25, 0.3) is 0 Å². The van der Waals surface area contributed by atoms with E-state index in [1.54, 1.807) is 0 Å².